The summed E-state index contributed by atoms with van der Waals surface area (Å²) in [6, 6.07) is 0. The maximum Gasteiger partial charge on any atom is 0.190 e. The van der Waals surface area contributed by atoms with Crippen LogP contribution in [0.3, 0.4) is 0 Å². The number of hydrogen-bond donors (Lipinski definition) is 3. The molecule has 27 heavy (non-hydrogen) atoms. The van der Waals surface area contributed by atoms with E-state index in [1.807, 2.05) is 13.0 Å². The molecule has 0 aromatic heterocycles. The number of rotatable bonds is 2. The fourth-order valence-electron chi connectivity index (χ4n) is 7.62. The Hall–Kier alpha value is -0.823. The van der Waals surface area contributed by atoms with Crippen molar-refractivity contribution in [2.75, 3.05) is 6.61 Å². The summed E-state index contributed by atoms with van der Waals surface area (Å²) in [6.07, 6.45) is 5.84. The highest BCUT2D eigenvalue weighted by Gasteiger charge is 2.71. The van der Waals surface area contributed by atoms with Gasteiger partial charge in [-0.05, 0) is 66.9 Å². The zero-order chi connectivity index (χ0) is 19.8. The highest BCUT2D eigenvalue weighted by atomic mass is 28.1. The van der Waals surface area contributed by atoms with E-state index in [-0.39, 0.29) is 28.1 Å². The third kappa shape index (κ3) is 2.16. The Morgan fingerprint density at radius 3 is 2.59 bits per heavy atom. The summed E-state index contributed by atoms with van der Waals surface area (Å²) in [5.74, 6) is 0.0974. The highest BCUT2D eigenvalue weighted by Crippen LogP contribution is 2.74. The third-order valence-corrected chi connectivity index (χ3v) is 12.1. The number of fused-ring (bicyclic) bond motifs is 5. The van der Waals surface area contributed by atoms with Crippen molar-refractivity contribution in [2.24, 2.45) is 22.7 Å². The van der Waals surface area contributed by atoms with Gasteiger partial charge in [-0.15, -0.1) is 0 Å². The van der Waals surface area contributed by atoms with Gasteiger partial charge < -0.3 is 15.3 Å². The smallest absolute Gasteiger partial charge is 0.190 e. The van der Waals surface area contributed by atoms with E-state index < -0.39 is 29.5 Å². The van der Waals surface area contributed by atoms with Gasteiger partial charge in [0.1, 0.15) is 12.2 Å². The summed E-state index contributed by atoms with van der Waals surface area (Å²) in [5.41, 5.74) is -1.21. The molecule has 3 fully saturated rings. The minimum absolute atomic E-state index is 0.162. The fraction of sp³-hybridized carbons (Fsp3) is 0.810. The molecule has 4 aliphatic rings. The molecule has 0 spiro atoms. The molecule has 0 aromatic rings. The average molecular weight is 393 g/mol. The molecule has 0 amide bonds. The van der Waals surface area contributed by atoms with Crippen LogP contribution >= 0.6 is 0 Å². The Labute approximate surface area is 163 Å². The Morgan fingerprint density at radius 2 is 1.93 bits per heavy atom. The van der Waals surface area contributed by atoms with E-state index in [4.69, 9.17) is 0 Å². The van der Waals surface area contributed by atoms with Crippen molar-refractivity contribution in [2.45, 2.75) is 75.5 Å². The molecule has 5 nitrogen and oxygen atoms in total. The van der Waals surface area contributed by atoms with E-state index >= 15 is 0 Å². The summed E-state index contributed by atoms with van der Waals surface area (Å²) in [7, 11) is 0.809. The maximum atomic E-state index is 12.5. The van der Waals surface area contributed by atoms with Gasteiger partial charge in [-0.3, -0.25) is 9.59 Å². The van der Waals surface area contributed by atoms with Crippen LogP contribution in [-0.2, 0) is 9.59 Å². The maximum absolute atomic E-state index is 12.5. The molecule has 6 heteroatoms. The van der Waals surface area contributed by atoms with E-state index in [0.29, 0.717) is 19.3 Å². The van der Waals surface area contributed by atoms with Crippen LogP contribution in [0, 0.1) is 22.7 Å². The van der Waals surface area contributed by atoms with E-state index in [1.165, 1.54) is 5.57 Å². The first-order chi connectivity index (χ1) is 12.5. The molecule has 7 atom stereocenters. The fourth-order valence-corrected chi connectivity index (χ4v) is 9.09. The largest absolute Gasteiger partial charge is 0.393 e. The summed E-state index contributed by atoms with van der Waals surface area (Å²) in [6.45, 7) is 3.52. The molecule has 0 aliphatic heterocycles. The predicted octanol–water partition coefficient (Wildman–Crippen LogP) is 0.689. The van der Waals surface area contributed by atoms with Gasteiger partial charge in [0.25, 0.3) is 0 Å². The number of Topliss-reactive ketones (excluding diaryl/α,β-unsaturated/α-hetero) is 1. The number of ketones is 2. The Balaban J connectivity index is 1.80. The zero-order valence-electron chi connectivity index (χ0n) is 16.6. The summed E-state index contributed by atoms with van der Waals surface area (Å²) >= 11 is 0. The van der Waals surface area contributed by atoms with Crippen LogP contribution in [0.5, 0.6) is 0 Å². The van der Waals surface area contributed by atoms with Crippen molar-refractivity contribution in [3.05, 3.63) is 11.6 Å². The van der Waals surface area contributed by atoms with Gasteiger partial charge in [0, 0.05) is 22.1 Å². The number of carbonyl (C=O) groups excluding carboxylic acids is 2. The van der Waals surface area contributed by atoms with Crippen molar-refractivity contribution in [1.29, 1.82) is 0 Å². The van der Waals surface area contributed by atoms with Gasteiger partial charge in [-0.25, -0.2) is 0 Å². The quantitative estimate of drug-likeness (QED) is 0.601. The van der Waals surface area contributed by atoms with E-state index in [9.17, 15) is 24.9 Å². The van der Waals surface area contributed by atoms with Crippen molar-refractivity contribution < 1.29 is 24.9 Å². The van der Waals surface area contributed by atoms with E-state index in [1.54, 1.807) is 0 Å². The second-order valence-corrected chi connectivity index (χ2v) is 11.8. The molecule has 0 unspecified atom stereocenters. The van der Waals surface area contributed by atoms with Gasteiger partial charge >= 0.3 is 0 Å². The molecule has 0 radical (unpaired) electrons. The first-order valence-electron chi connectivity index (χ1n) is 10.3. The van der Waals surface area contributed by atoms with E-state index in [2.05, 4.69) is 6.92 Å². The summed E-state index contributed by atoms with van der Waals surface area (Å²) in [5, 5.41) is 31.9. The SMILES string of the molecule is C[C@]12CCC(=O)C=C1CC[C@H]1[C@@H]3CC[C@](O)(C(=O)CO)[C@@]3(C)C[C@H](O)[C@@]12[SiH3]. The van der Waals surface area contributed by atoms with E-state index in [0.717, 1.165) is 35.9 Å². The molecule has 0 heterocycles. The zero-order valence-corrected chi connectivity index (χ0v) is 18.6. The first kappa shape index (κ1) is 19.5. The normalized spacial score (nSPS) is 52.0. The minimum Gasteiger partial charge on any atom is -0.393 e. The minimum atomic E-state index is -1.55. The molecule has 0 aromatic carbocycles. The Morgan fingerprint density at radius 1 is 1.22 bits per heavy atom. The lowest BCUT2D eigenvalue weighted by molar-refractivity contribution is -0.178. The third-order valence-electron chi connectivity index (χ3n) is 9.58. The monoisotopic (exact) mass is 392 g/mol. The Kier molecular flexibility index (Phi) is 4.22. The number of hydrogen-bond acceptors (Lipinski definition) is 5. The number of allylic oxidation sites excluding steroid dienone is 1. The second-order valence-electron chi connectivity index (χ2n) is 10.1. The molecule has 0 saturated heterocycles. The first-order valence-corrected chi connectivity index (χ1v) is 11.3. The molecule has 4 rings (SSSR count). The molecule has 4 aliphatic carbocycles. The molecule has 0 bridgehead atoms. The van der Waals surface area contributed by atoms with Crippen molar-refractivity contribution >= 4 is 21.8 Å². The van der Waals surface area contributed by atoms with Crippen LogP contribution in [0.1, 0.15) is 58.8 Å². The standard InChI is InChI=1S/C21H32O5Si/c1-18-7-5-13(23)9-12(18)3-4-15-14-6-8-20(26,17(25)11-22)19(14,2)10-16(24)21(15,18)27/h9,14-16,22,24,26H,3-8,10-11H2,1-2,27H3/t14-,15-,16-,18-,19-,20-,21-/m0/s1. The van der Waals surface area contributed by atoms with Gasteiger partial charge in [0.2, 0.25) is 0 Å². The molecular formula is C21H32O5Si. The van der Waals surface area contributed by atoms with Gasteiger partial charge in [-0.1, -0.05) is 19.4 Å². The van der Waals surface area contributed by atoms with Crippen LogP contribution in [-0.4, -0.2) is 55.4 Å². The number of carbonyl (C=O) groups is 2. The topological polar surface area (TPSA) is 94.8 Å². The highest BCUT2D eigenvalue weighted by molar-refractivity contribution is 6.17. The number of aliphatic hydroxyl groups is 3. The molecular weight excluding hydrogens is 360 g/mol. The molecule has 3 N–H and O–H groups in total. The predicted molar refractivity (Wildman–Crippen MR) is 104 cm³/mol. The lowest BCUT2D eigenvalue weighted by atomic mass is 9.44. The van der Waals surface area contributed by atoms with Crippen LogP contribution < -0.4 is 0 Å². The number of aliphatic hydroxyl groups excluding tert-OH is 2. The van der Waals surface area contributed by atoms with Crippen LogP contribution in [0.25, 0.3) is 0 Å². The van der Waals surface area contributed by atoms with Crippen molar-refractivity contribution in [1.82, 2.24) is 0 Å². The van der Waals surface area contributed by atoms with Crippen LogP contribution in [0.15, 0.2) is 11.6 Å². The van der Waals surface area contributed by atoms with Gasteiger partial charge in [0.15, 0.2) is 11.6 Å². The van der Waals surface area contributed by atoms with Crippen molar-refractivity contribution in [3.8, 4) is 0 Å². The van der Waals surface area contributed by atoms with Gasteiger partial charge in [-0.2, -0.15) is 0 Å². The summed E-state index contributed by atoms with van der Waals surface area (Å²) < 4.78 is 0. The van der Waals surface area contributed by atoms with Crippen LogP contribution in [0.2, 0.25) is 5.04 Å². The molecule has 150 valence electrons. The Bertz CT molecular complexity index is 734. The second kappa shape index (κ2) is 5.85. The lowest BCUT2D eigenvalue weighted by Crippen LogP contribution is -2.64. The van der Waals surface area contributed by atoms with Crippen LogP contribution in [0.4, 0.5) is 0 Å². The van der Waals surface area contributed by atoms with Crippen molar-refractivity contribution in [3.63, 3.8) is 0 Å². The molecule has 3 saturated carbocycles. The lowest BCUT2D eigenvalue weighted by Gasteiger charge is -2.66. The summed E-state index contributed by atoms with van der Waals surface area (Å²) in [4.78, 5) is 24.5. The van der Waals surface area contributed by atoms with Gasteiger partial charge in [0.05, 0.1) is 6.10 Å². The average Bonchev–Trinajstić information content (AvgIpc) is 2.88.